The van der Waals surface area contributed by atoms with Crippen LogP contribution in [0.25, 0.3) is 16.5 Å². The van der Waals surface area contributed by atoms with Gasteiger partial charge in [0.15, 0.2) is 0 Å². The number of phenols is 3. The van der Waals surface area contributed by atoms with Crippen LogP contribution in [0.3, 0.4) is 0 Å². The van der Waals surface area contributed by atoms with Crippen LogP contribution in [0.4, 0.5) is 0 Å². The molecule has 0 saturated heterocycles. The Hall–Kier alpha value is -2.95. The average molecular weight is 269 g/mol. The van der Waals surface area contributed by atoms with Crippen molar-refractivity contribution in [3.8, 4) is 22.9 Å². The lowest BCUT2D eigenvalue weighted by Crippen LogP contribution is -2.17. The number of hydrogen-bond acceptors (Lipinski definition) is 4. The van der Waals surface area contributed by atoms with Gasteiger partial charge in [0.1, 0.15) is 17.2 Å². The van der Waals surface area contributed by atoms with Crippen LogP contribution in [0.5, 0.6) is 17.2 Å². The highest BCUT2D eigenvalue weighted by atomic mass is 16.3. The summed E-state index contributed by atoms with van der Waals surface area (Å²) in [6, 6.07) is 10.3. The SMILES string of the molecule is O=c1c2c(O)cc(O)cc2ccn1-c1ccc(O)cc1. The molecule has 100 valence electrons. The molecule has 1 aromatic heterocycles. The van der Waals surface area contributed by atoms with Gasteiger partial charge < -0.3 is 15.3 Å². The molecule has 0 radical (unpaired) electrons. The van der Waals surface area contributed by atoms with Crippen LogP contribution in [-0.2, 0) is 0 Å². The molecular weight excluding hydrogens is 258 g/mol. The molecule has 3 N–H and O–H groups in total. The van der Waals surface area contributed by atoms with Gasteiger partial charge in [-0.2, -0.15) is 0 Å². The largest absolute Gasteiger partial charge is 0.508 e. The van der Waals surface area contributed by atoms with Crippen molar-refractivity contribution >= 4 is 10.8 Å². The average Bonchev–Trinajstić information content (AvgIpc) is 2.39. The predicted molar refractivity (Wildman–Crippen MR) is 74.5 cm³/mol. The number of nitrogens with zero attached hydrogens (tertiary/aromatic N) is 1. The third-order valence-corrected chi connectivity index (χ3v) is 3.10. The molecule has 5 heteroatoms. The van der Waals surface area contributed by atoms with Crippen LogP contribution < -0.4 is 5.56 Å². The van der Waals surface area contributed by atoms with Crippen molar-refractivity contribution in [1.29, 1.82) is 0 Å². The summed E-state index contributed by atoms with van der Waals surface area (Å²) in [5, 5.41) is 29.1. The molecule has 0 bridgehead atoms. The highest BCUT2D eigenvalue weighted by Gasteiger charge is 2.10. The first-order valence-corrected chi connectivity index (χ1v) is 5.93. The van der Waals surface area contributed by atoms with E-state index < -0.39 is 5.56 Å². The van der Waals surface area contributed by atoms with Crippen LogP contribution in [0.1, 0.15) is 0 Å². The van der Waals surface area contributed by atoms with Crippen LogP contribution >= 0.6 is 0 Å². The molecule has 0 atom stereocenters. The lowest BCUT2D eigenvalue weighted by atomic mass is 10.1. The molecule has 3 rings (SSSR count). The molecular formula is C15H11NO4. The lowest BCUT2D eigenvalue weighted by Gasteiger charge is -2.08. The van der Waals surface area contributed by atoms with Gasteiger partial charge >= 0.3 is 0 Å². The van der Waals surface area contributed by atoms with Crippen molar-refractivity contribution in [3.63, 3.8) is 0 Å². The number of pyridine rings is 1. The Kier molecular flexibility index (Phi) is 2.61. The van der Waals surface area contributed by atoms with Crippen LogP contribution in [-0.4, -0.2) is 19.9 Å². The standard InChI is InChI=1S/C15H11NO4/c17-11-3-1-10(2-4-11)16-6-5-9-7-12(18)8-13(19)14(9)15(16)20/h1-8,17-19H. The van der Waals surface area contributed by atoms with Gasteiger partial charge in [-0.25, -0.2) is 0 Å². The zero-order chi connectivity index (χ0) is 14.3. The second-order valence-corrected chi connectivity index (χ2v) is 4.44. The molecule has 0 unspecified atom stereocenters. The fraction of sp³-hybridized carbons (Fsp3) is 0. The zero-order valence-electron chi connectivity index (χ0n) is 10.3. The number of aromatic nitrogens is 1. The number of hydrogen-bond donors (Lipinski definition) is 3. The van der Waals surface area contributed by atoms with Gasteiger partial charge in [-0.1, -0.05) is 0 Å². The van der Waals surface area contributed by atoms with E-state index in [-0.39, 0.29) is 22.6 Å². The highest BCUT2D eigenvalue weighted by Crippen LogP contribution is 2.27. The predicted octanol–water partition coefficient (Wildman–Crippen LogP) is 2.11. The molecule has 2 aromatic carbocycles. The summed E-state index contributed by atoms with van der Waals surface area (Å²) in [5.74, 6) is -0.259. The van der Waals surface area contributed by atoms with E-state index in [4.69, 9.17) is 0 Å². The summed E-state index contributed by atoms with van der Waals surface area (Å²) in [6.07, 6.45) is 1.55. The highest BCUT2D eigenvalue weighted by molar-refractivity contribution is 5.88. The first-order valence-electron chi connectivity index (χ1n) is 5.93. The van der Waals surface area contributed by atoms with Gasteiger partial charge in [0.2, 0.25) is 0 Å². The van der Waals surface area contributed by atoms with Crippen LogP contribution in [0.2, 0.25) is 0 Å². The monoisotopic (exact) mass is 269 g/mol. The van der Waals surface area contributed by atoms with E-state index in [1.807, 2.05) is 0 Å². The van der Waals surface area contributed by atoms with E-state index in [9.17, 15) is 20.1 Å². The third-order valence-electron chi connectivity index (χ3n) is 3.10. The van der Waals surface area contributed by atoms with Crippen molar-refractivity contribution in [2.75, 3.05) is 0 Å². The number of fused-ring (bicyclic) bond motifs is 1. The van der Waals surface area contributed by atoms with E-state index >= 15 is 0 Å². The van der Waals surface area contributed by atoms with Crippen LogP contribution in [0.15, 0.2) is 53.5 Å². The Bertz CT molecular complexity index is 850. The smallest absolute Gasteiger partial charge is 0.266 e. The Morgan fingerprint density at radius 3 is 2.25 bits per heavy atom. The quantitative estimate of drug-likeness (QED) is 0.632. The van der Waals surface area contributed by atoms with Gasteiger partial charge in [0.25, 0.3) is 5.56 Å². The summed E-state index contributed by atoms with van der Waals surface area (Å²) in [4.78, 5) is 12.4. The van der Waals surface area contributed by atoms with E-state index in [2.05, 4.69) is 0 Å². The molecule has 0 saturated carbocycles. The summed E-state index contributed by atoms with van der Waals surface area (Å²) in [5.41, 5.74) is 0.174. The summed E-state index contributed by atoms with van der Waals surface area (Å²) >= 11 is 0. The van der Waals surface area contributed by atoms with Gasteiger partial charge in [-0.3, -0.25) is 9.36 Å². The molecule has 5 nitrogen and oxygen atoms in total. The minimum Gasteiger partial charge on any atom is -0.508 e. The summed E-state index contributed by atoms with van der Waals surface area (Å²) in [6.45, 7) is 0. The number of benzene rings is 2. The lowest BCUT2D eigenvalue weighted by molar-refractivity contribution is 0.454. The first kappa shape index (κ1) is 12.1. The fourth-order valence-electron chi connectivity index (χ4n) is 2.16. The molecule has 20 heavy (non-hydrogen) atoms. The van der Waals surface area contributed by atoms with Gasteiger partial charge in [0, 0.05) is 18.0 Å². The van der Waals surface area contributed by atoms with Gasteiger partial charge in [-0.05, 0) is 41.8 Å². The Morgan fingerprint density at radius 2 is 1.55 bits per heavy atom. The van der Waals surface area contributed by atoms with E-state index in [0.717, 1.165) is 6.07 Å². The Balaban J connectivity index is 2.31. The van der Waals surface area contributed by atoms with Crippen molar-refractivity contribution in [1.82, 2.24) is 4.57 Å². The number of rotatable bonds is 1. The normalized spacial score (nSPS) is 10.8. The third kappa shape index (κ3) is 1.85. The molecule has 0 spiro atoms. The molecule has 0 aliphatic rings. The van der Waals surface area contributed by atoms with E-state index in [0.29, 0.717) is 11.1 Å². The first-order chi connectivity index (χ1) is 9.56. The maximum absolute atomic E-state index is 12.4. The molecule has 3 aromatic rings. The molecule has 0 aliphatic carbocycles. The van der Waals surface area contributed by atoms with Gasteiger partial charge in [-0.15, -0.1) is 0 Å². The van der Waals surface area contributed by atoms with Crippen LogP contribution in [0, 0.1) is 0 Å². The molecule has 1 heterocycles. The van der Waals surface area contributed by atoms with Crippen molar-refractivity contribution in [3.05, 3.63) is 59.0 Å². The van der Waals surface area contributed by atoms with E-state index in [1.165, 1.54) is 22.8 Å². The Labute approximate surface area is 113 Å². The second kappa shape index (κ2) is 4.31. The molecule has 0 fully saturated rings. The minimum atomic E-state index is -0.398. The summed E-state index contributed by atoms with van der Waals surface area (Å²) in [7, 11) is 0. The molecule has 0 amide bonds. The summed E-state index contributed by atoms with van der Waals surface area (Å²) < 4.78 is 1.36. The van der Waals surface area contributed by atoms with Crippen molar-refractivity contribution in [2.45, 2.75) is 0 Å². The second-order valence-electron chi connectivity index (χ2n) is 4.44. The topological polar surface area (TPSA) is 82.7 Å². The maximum atomic E-state index is 12.4. The van der Waals surface area contributed by atoms with Gasteiger partial charge in [0.05, 0.1) is 5.39 Å². The Morgan fingerprint density at radius 1 is 0.850 bits per heavy atom. The number of phenolic OH excluding ortho intramolecular Hbond substituents is 3. The maximum Gasteiger partial charge on any atom is 0.266 e. The van der Waals surface area contributed by atoms with Crippen molar-refractivity contribution < 1.29 is 15.3 Å². The van der Waals surface area contributed by atoms with E-state index in [1.54, 1.807) is 24.4 Å². The number of aromatic hydroxyl groups is 3. The minimum absolute atomic E-state index is 0.100. The zero-order valence-corrected chi connectivity index (χ0v) is 10.3. The fourth-order valence-corrected chi connectivity index (χ4v) is 2.16. The molecule has 0 aliphatic heterocycles. The van der Waals surface area contributed by atoms with Crippen molar-refractivity contribution in [2.24, 2.45) is 0 Å².